The second-order valence-electron chi connectivity index (χ2n) is 9.05. The van der Waals surface area contributed by atoms with Gasteiger partial charge in [0.15, 0.2) is 29.7 Å². The molecule has 2 aliphatic rings. The third-order valence-electron chi connectivity index (χ3n) is 6.68. The van der Waals surface area contributed by atoms with Crippen LogP contribution in [0.2, 0.25) is 5.02 Å². The average Bonchev–Trinajstić information content (AvgIpc) is 2.85. The number of pyridine rings is 2. The number of rotatable bonds is 6. The van der Waals surface area contributed by atoms with E-state index in [4.69, 9.17) is 21.1 Å². The quantitative estimate of drug-likeness (QED) is 0.490. The molecule has 3 aromatic rings. The van der Waals surface area contributed by atoms with Crippen molar-refractivity contribution in [3.05, 3.63) is 57.2 Å². The van der Waals surface area contributed by atoms with Crippen molar-refractivity contribution in [1.82, 2.24) is 14.9 Å². The molecule has 1 aliphatic carbocycles. The molecule has 2 N–H and O–H groups in total. The SMILES string of the molecule is Cl.Cn1c(=O)ccc2ccc(F)c(OCC3CCC(NCc4nc5c(cc4Cl)OCC(=O)N5)CC3)c21. The first-order valence-electron chi connectivity index (χ1n) is 11.7. The Morgan fingerprint density at radius 2 is 1.97 bits per heavy atom. The van der Waals surface area contributed by atoms with Gasteiger partial charge in [-0.3, -0.25) is 9.59 Å². The number of benzene rings is 1. The highest BCUT2D eigenvalue weighted by Crippen LogP contribution is 2.32. The number of nitrogens with zero attached hydrogens (tertiary/aromatic N) is 2. The van der Waals surface area contributed by atoms with E-state index in [1.54, 1.807) is 25.2 Å². The maximum Gasteiger partial charge on any atom is 0.263 e. The van der Waals surface area contributed by atoms with Crippen molar-refractivity contribution < 1.29 is 18.7 Å². The number of anilines is 1. The van der Waals surface area contributed by atoms with Gasteiger partial charge in [-0.2, -0.15) is 0 Å². The highest BCUT2D eigenvalue weighted by molar-refractivity contribution is 6.31. The van der Waals surface area contributed by atoms with Gasteiger partial charge in [0, 0.05) is 37.2 Å². The lowest BCUT2D eigenvalue weighted by atomic mass is 9.86. The van der Waals surface area contributed by atoms with Crippen molar-refractivity contribution in [3.8, 4) is 11.5 Å². The minimum atomic E-state index is -0.468. The molecule has 0 spiro atoms. The van der Waals surface area contributed by atoms with Gasteiger partial charge in [-0.1, -0.05) is 11.6 Å². The van der Waals surface area contributed by atoms with E-state index in [0.717, 1.165) is 31.1 Å². The second-order valence-corrected chi connectivity index (χ2v) is 9.46. The zero-order valence-corrected chi connectivity index (χ0v) is 21.3. The summed E-state index contributed by atoms with van der Waals surface area (Å²) in [5, 5.41) is 7.45. The number of carbonyl (C=O) groups is 1. The maximum absolute atomic E-state index is 14.6. The topological polar surface area (TPSA) is 94.5 Å². The first kappa shape index (κ1) is 26.2. The lowest BCUT2D eigenvalue weighted by Gasteiger charge is -2.29. The number of amides is 1. The van der Waals surface area contributed by atoms with E-state index in [2.05, 4.69) is 15.6 Å². The monoisotopic (exact) mass is 536 g/mol. The lowest BCUT2D eigenvalue weighted by Crippen LogP contribution is -2.34. The van der Waals surface area contributed by atoms with Crippen LogP contribution in [-0.4, -0.2) is 34.7 Å². The number of nitrogens with one attached hydrogen (secondary N) is 2. The molecule has 0 unspecified atom stereocenters. The first-order chi connectivity index (χ1) is 16.9. The molecule has 11 heteroatoms. The molecule has 192 valence electrons. The molecular formula is C25H27Cl2FN4O4. The largest absolute Gasteiger partial charge is 0.488 e. The lowest BCUT2D eigenvalue weighted by molar-refractivity contribution is -0.118. The number of hydrogen-bond donors (Lipinski definition) is 2. The summed E-state index contributed by atoms with van der Waals surface area (Å²) in [7, 11) is 1.62. The first-order valence-corrected chi connectivity index (χ1v) is 12.0. The average molecular weight is 537 g/mol. The predicted molar refractivity (Wildman–Crippen MR) is 138 cm³/mol. The fourth-order valence-electron chi connectivity index (χ4n) is 4.68. The molecule has 0 saturated heterocycles. The number of carbonyl (C=O) groups excluding carboxylic acids is 1. The molecule has 1 aliphatic heterocycles. The Balaban J connectivity index is 0.00000304. The van der Waals surface area contributed by atoms with Crippen molar-refractivity contribution in [2.75, 3.05) is 18.5 Å². The third-order valence-corrected chi connectivity index (χ3v) is 7.01. The summed E-state index contributed by atoms with van der Waals surface area (Å²) in [6, 6.07) is 8.15. The van der Waals surface area contributed by atoms with Gasteiger partial charge in [-0.15, -0.1) is 12.4 Å². The Labute approximate surface area is 218 Å². The van der Waals surface area contributed by atoms with Crippen LogP contribution in [0.5, 0.6) is 11.5 Å². The molecule has 1 amide bonds. The molecule has 3 heterocycles. The molecule has 5 rings (SSSR count). The highest BCUT2D eigenvalue weighted by atomic mass is 35.5. The molecule has 0 bridgehead atoms. The maximum atomic E-state index is 14.6. The third kappa shape index (κ3) is 5.43. The van der Waals surface area contributed by atoms with Gasteiger partial charge in [0.2, 0.25) is 0 Å². The van der Waals surface area contributed by atoms with Gasteiger partial charge in [0.05, 0.1) is 22.8 Å². The number of halogens is 3. The van der Waals surface area contributed by atoms with Gasteiger partial charge in [-0.05, 0) is 49.8 Å². The van der Waals surface area contributed by atoms with Gasteiger partial charge < -0.3 is 24.7 Å². The molecule has 8 nitrogen and oxygen atoms in total. The standard InChI is InChI=1S/C25H26ClFN4O4.ClH/c1-31-22(33)9-5-15-4-8-18(27)24(23(15)31)35-12-14-2-6-16(7-3-14)28-11-19-17(26)10-20-25(29-19)30-21(32)13-34-20;/h4-5,8-10,14,16,28H,2-3,6-7,11-13H2,1H3,(H,29,30,32);1H. The molecule has 2 aromatic heterocycles. The van der Waals surface area contributed by atoms with Crippen molar-refractivity contribution in [1.29, 1.82) is 0 Å². The molecule has 0 radical (unpaired) electrons. The molecule has 1 fully saturated rings. The molecule has 1 aromatic carbocycles. The van der Waals surface area contributed by atoms with E-state index in [-0.39, 0.29) is 36.2 Å². The minimum Gasteiger partial charge on any atom is -0.488 e. The molecular weight excluding hydrogens is 510 g/mol. The Morgan fingerprint density at radius 3 is 2.75 bits per heavy atom. The molecule has 1 saturated carbocycles. The Hall–Kier alpha value is -2.88. The second kappa shape index (κ2) is 11.0. The summed E-state index contributed by atoms with van der Waals surface area (Å²) in [4.78, 5) is 28.0. The molecule has 0 atom stereocenters. The normalized spacial score (nSPS) is 19.1. The van der Waals surface area contributed by atoms with Crippen LogP contribution in [0.3, 0.4) is 0 Å². The predicted octanol–water partition coefficient (Wildman–Crippen LogP) is 4.21. The van der Waals surface area contributed by atoms with Crippen molar-refractivity contribution in [3.63, 3.8) is 0 Å². The van der Waals surface area contributed by atoms with E-state index < -0.39 is 5.82 Å². The van der Waals surface area contributed by atoms with Crippen LogP contribution < -0.4 is 25.7 Å². The van der Waals surface area contributed by atoms with Gasteiger partial charge in [-0.25, -0.2) is 9.37 Å². The van der Waals surface area contributed by atoms with E-state index in [1.165, 1.54) is 16.7 Å². The Kier molecular flexibility index (Phi) is 8.02. The highest BCUT2D eigenvalue weighted by Gasteiger charge is 2.24. The summed E-state index contributed by atoms with van der Waals surface area (Å²) in [6.07, 6.45) is 3.73. The summed E-state index contributed by atoms with van der Waals surface area (Å²) in [6.45, 7) is 0.827. The summed E-state index contributed by atoms with van der Waals surface area (Å²) < 4.78 is 27.3. The number of aryl methyl sites for hydroxylation is 1. The smallest absolute Gasteiger partial charge is 0.263 e. The fourth-order valence-corrected chi connectivity index (χ4v) is 4.89. The Bertz CT molecular complexity index is 1340. The minimum absolute atomic E-state index is 0. The fraction of sp³-hybridized carbons (Fsp3) is 0.400. The summed E-state index contributed by atoms with van der Waals surface area (Å²) in [5.41, 5.74) is 0.922. The van der Waals surface area contributed by atoms with Crippen molar-refractivity contribution in [2.45, 2.75) is 38.3 Å². The van der Waals surface area contributed by atoms with Gasteiger partial charge in [0.25, 0.3) is 11.5 Å². The van der Waals surface area contributed by atoms with E-state index >= 15 is 0 Å². The van der Waals surface area contributed by atoms with Gasteiger partial charge >= 0.3 is 0 Å². The molecule has 36 heavy (non-hydrogen) atoms. The van der Waals surface area contributed by atoms with E-state index in [9.17, 15) is 14.0 Å². The van der Waals surface area contributed by atoms with E-state index in [0.29, 0.717) is 52.9 Å². The van der Waals surface area contributed by atoms with Crippen LogP contribution in [0, 0.1) is 11.7 Å². The Morgan fingerprint density at radius 1 is 1.22 bits per heavy atom. The van der Waals surface area contributed by atoms with Crippen molar-refractivity contribution >= 4 is 46.6 Å². The van der Waals surface area contributed by atoms with Crippen LogP contribution in [0.15, 0.2) is 35.1 Å². The zero-order valence-electron chi connectivity index (χ0n) is 19.7. The summed E-state index contributed by atoms with van der Waals surface area (Å²) in [5.74, 6) is 0.582. The summed E-state index contributed by atoms with van der Waals surface area (Å²) >= 11 is 6.35. The van der Waals surface area contributed by atoms with Crippen LogP contribution in [0.4, 0.5) is 10.2 Å². The zero-order chi connectivity index (χ0) is 24.5. The number of ether oxygens (including phenoxy) is 2. The van der Waals surface area contributed by atoms with Crippen molar-refractivity contribution in [2.24, 2.45) is 13.0 Å². The van der Waals surface area contributed by atoms with Crippen LogP contribution in [0.25, 0.3) is 10.9 Å². The van der Waals surface area contributed by atoms with Crippen LogP contribution >= 0.6 is 24.0 Å². The van der Waals surface area contributed by atoms with E-state index in [1.807, 2.05) is 0 Å². The number of aromatic nitrogens is 2. The van der Waals surface area contributed by atoms with Crippen LogP contribution in [0.1, 0.15) is 31.4 Å². The number of fused-ring (bicyclic) bond motifs is 2. The number of hydrogen-bond acceptors (Lipinski definition) is 6. The van der Waals surface area contributed by atoms with Gasteiger partial charge in [0.1, 0.15) is 0 Å². The van der Waals surface area contributed by atoms with Crippen LogP contribution in [-0.2, 0) is 18.4 Å².